The number of rotatable bonds is 7. The third-order valence-electron chi connectivity index (χ3n) is 5.30. The minimum Gasteiger partial charge on any atom is -0.490 e. The summed E-state index contributed by atoms with van der Waals surface area (Å²) in [5.74, 6) is -1.27. The Labute approximate surface area is 192 Å². The molecule has 1 aliphatic carbocycles. The summed E-state index contributed by atoms with van der Waals surface area (Å²) in [4.78, 5) is 4.02. The van der Waals surface area contributed by atoms with Crippen LogP contribution in [0.2, 0.25) is 5.02 Å². The Bertz CT molecular complexity index is 1010. The van der Waals surface area contributed by atoms with Crippen LogP contribution in [0.4, 0.5) is 13.9 Å². The fourth-order valence-electron chi connectivity index (χ4n) is 3.78. The van der Waals surface area contributed by atoms with Crippen LogP contribution >= 0.6 is 35.1 Å². The second kappa shape index (κ2) is 10.1. The van der Waals surface area contributed by atoms with Gasteiger partial charge in [-0.2, -0.15) is 4.37 Å². The number of aliphatic hydroxyl groups is 1. The van der Waals surface area contributed by atoms with Crippen molar-refractivity contribution in [3.8, 4) is 5.75 Å². The molecule has 0 spiro atoms. The van der Waals surface area contributed by atoms with Crippen molar-refractivity contribution in [1.29, 1.82) is 0 Å². The lowest BCUT2D eigenvalue weighted by atomic mass is 9.75. The molecule has 1 saturated carbocycles. The first-order valence-corrected chi connectivity index (χ1v) is 11.7. The molecular formula is C21H20ClF2N3O2S2. The first-order valence-electron chi connectivity index (χ1n) is 9.74. The quantitative estimate of drug-likeness (QED) is 0.407. The molecule has 3 atom stereocenters. The lowest BCUT2D eigenvalue weighted by molar-refractivity contribution is 0.0670. The van der Waals surface area contributed by atoms with Crippen molar-refractivity contribution in [3.05, 3.63) is 64.9 Å². The van der Waals surface area contributed by atoms with E-state index < -0.39 is 17.7 Å². The SMILES string of the molecule is OC1CCC(c2ccc(Cl)cc2)[C@H](COc2cc(F)c(SNc3ncns3)cc2F)C1. The number of aliphatic hydroxyl groups excluding tert-OH is 1. The average Bonchev–Trinajstić information content (AvgIpc) is 3.27. The second-order valence-electron chi connectivity index (χ2n) is 7.36. The monoisotopic (exact) mass is 483 g/mol. The number of aromatic nitrogens is 2. The zero-order valence-corrected chi connectivity index (χ0v) is 18.7. The van der Waals surface area contributed by atoms with Crippen molar-refractivity contribution in [2.24, 2.45) is 5.92 Å². The van der Waals surface area contributed by atoms with Crippen LogP contribution in [-0.2, 0) is 0 Å². The smallest absolute Gasteiger partial charge is 0.212 e. The summed E-state index contributed by atoms with van der Waals surface area (Å²) in [5.41, 5.74) is 1.10. The van der Waals surface area contributed by atoms with Gasteiger partial charge in [-0.1, -0.05) is 23.7 Å². The molecule has 3 aromatic rings. The highest BCUT2D eigenvalue weighted by atomic mass is 35.5. The summed E-state index contributed by atoms with van der Waals surface area (Å²) in [5, 5.41) is 11.3. The number of hydrogen-bond acceptors (Lipinski definition) is 7. The summed E-state index contributed by atoms with van der Waals surface area (Å²) >= 11 is 8.03. The maximum absolute atomic E-state index is 14.6. The van der Waals surface area contributed by atoms with Crippen LogP contribution in [0.1, 0.15) is 30.7 Å². The molecule has 1 aliphatic rings. The molecule has 0 radical (unpaired) electrons. The normalized spacial score (nSPS) is 21.1. The summed E-state index contributed by atoms with van der Waals surface area (Å²) in [7, 11) is 0. The van der Waals surface area contributed by atoms with Gasteiger partial charge in [0, 0.05) is 28.5 Å². The highest BCUT2D eigenvalue weighted by Crippen LogP contribution is 2.39. The molecule has 2 aromatic carbocycles. The van der Waals surface area contributed by atoms with E-state index in [9.17, 15) is 13.9 Å². The maximum Gasteiger partial charge on any atom is 0.212 e. The lowest BCUT2D eigenvalue weighted by Gasteiger charge is -2.34. The number of nitrogens with zero attached hydrogens (tertiary/aromatic N) is 2. The van der Waals surface area contributed by atoms with Crippen LogP contribution in [0.3, 0.4) is 0 Å². The van der Waals surface area contributed by atoms with Gasteiger partial charge in [0.1, 0.15) is 12.1 Å². The molecule has 1 fully saturated rings. The Morgan fingerprint density at radius 2 is 2.00 bits per heavy atom. The average molecular weight is 484 g/mol. The van der Waals surface area contributed by atoms with E-state index >= 15 is 0 Å². The van der Waals surface area contributed by atoms with Gasteiger partial charge < -0.3 is 14.6 Å². The summed E-state index contributed by atoms with van der Waals surface area (Å²) < 4.78 is 41.4. The summed E-state index contributed by atoms with van der Waals surface area (Å²) in [6, 6.07) is 9.75. The van der Waals surface area contributed by atoms with Crippen molar-refractivity contribution in [1.82, 2.24) is 9.36 Å². The first-order chi connectivity index (χ1) is 15.0. The van der Waals surface area contributed by atoms with E-state index in [1.54, 1.807) is 0 Å². The number of anilines is 1. The third kappa shape index (κ3) is 5.65. The van der Waals surface area contributed by atoms with E-state index in [1.165, 1.54) is 6.33 Å². The summed E-state index contributed by atoms with van der Waals surface area (Å²) in [6.07, 6.45) is 2.97. The molecule has 2 unspecified atom stereocenters. The van der Waals surface area contributed by atoms with Gasteiger partial charge in [0.15, 0.2) is 11.6 Å². The number of hydrogen-bond donors (Lipinski definition) is 2. The van der Waals surface area contributed by atoms with Crippen LogP contribution in [-0.4, -0.2) is 27.2 Å². The standard InChI is InChI=1S/C21H20ClF2N3O2S2/c22-14-3-1-12(2-4-14)16-6-5-15(28)7-13(16)10-29-19-8-18(24)20(9-17(19)23)30-27-21-25-11-26-31-21/h1-4,8-9,11,13,15-16,28H,5-7,10H2,(H,25,26,27)/t13-,15?,16?/m0/s1. The molecule has 5 nitrogen and oxygen atoms in total. The van der Waals surface area contributed by atoms with Gasteiger partial charge in [0.25, 0.3) is 0 Å². The zero-order valence-electron chi connectivity index (χ0n) is 16.3. The minimum absolute atomic E-state index is 0.0273. The second-order valence-corrected chi connectivity index (χ2v) is 9.42. The highest BCUT2D eigenvalue weighted by Gasteiger charge is 2.31. The Balaban J connectivity index is 1.43. The molecule has 0 amide bonds. The Kier molecular flexibility index (Phi) is 7.27. The van der Waals surface area contributed by atoms with Gasteiger partial charge in [0.05, 0.1) is 17.6 Å². The van der Waals surface area contributed by atoms with E-state index in [2.05, 4.69) is 14.1 Å². The maximum atomic E-state index is 14.6. The minimum atomic E-state index is -0.651. The molecule has 164 valence electrons. The van der Waals surface area contributed by atoms with Crippen molar-refractivity contribution < 1.29 is 18.6 Å². The Morgan fingerprint density at radius 3 is 2.74 bits per heavy atom. The molecule has 1 heterocycles. The number of halogens is 3. The van der Waals surface area contributed by atoms with E-state index in [1.807, 2.05) is 24.3 Å². The molecule has 4 rings (SSSR count). The zero-order chi connectivity index (χ0) is 21.8. The molecule has 31 heavy (non-hydrogen) atoms. The van der Waals surface area contributed by atoms with Gasteiger partial charge in [0.2, 0.25) is 5.13 Å². The molecule has 2 N–H and O–H groups in total. The highest BCUT2D eigenvalue weighted by molar-refractivity contribution is 8.00. The fourth-order valence-corrected chi connectivity index (χ4v) is 5.04. The van der Waals surface area contributed by atoms with Crippen molar-refractivity contribution in [2.75, 3.05) is 11.3 Å². The van der Waals surface area contributed by atoms with Gasteiger partial charge in [-0.05, 0) is 60.9 Å². The Hall–Kier alpha value is -1.94. The van der Waals surface area contributed by atoms with Crippen molar-refractivity contribution in [3.63, 3.8) is 0 Å². The van der Waals surface area contributed by atoms with Crippen LogP contribution in [0.5, 0.6) is 5.75 Å². The van der Waals surface area contributed by atoms with Crippen molar-refractivity contribution >= 4 is 40.2 Å². The summed E-state index contributed by atoms with van der Waals surface area (Å²) in [6.45, 7) is 0.177. The fraction of sp³-hybridized carbons (Fsp3) is 0.333. The van der Waals surface area contributed by atoms with E-state index in [-0.39, 0.29) is 29.1 Å². The van der Waals surface area contributed by atoms with Crippen molar-refractivity contribution in [2.45, 2.75) is 36.2 Å². The third-order valence-corrected chi connectivity index (χ3v) is 7.09. The van der Waals surface area contributed by atoms with E-state index in [0.29, 0.717) is 23.0 Å². The first kappa shape index (κ1) is 22.3. The molecule has 0 aliphatic heterocycles. The van der Waals surface area contributed by atoms with E-state index in [0.717, 1.165) is 47.6 Å². The van der Waals surface area contributed by atoms with Gasteiger partial charge in [-0.25, -0.2) is 13.8 Å². The van der Waals surface area contributed by atoms with Crippen LogP contribution in [0.15, 0.2) is 47.6 Å². The molecule has 10 heteroatoms. The van der Waals surface area contributed by atoms with Gasteiger partial charge in [-0.15, -0.1) is 0 Å². The molecule has 0 saturated heterocycles. The number of nitrogens with one attached hydrogen (secondary N) is 1. The van der Waals surface area contributed by atoms with Crippen LogP contribution in [0.25, 0.3) is 0 Å². The molecule has 0 bridgehead atoms. The predicted octanol–water partition coefficient (Wildman–Crippen LogP) is 5.91. The number of benzene rings is 2. The topological polar surface area (TPSA) is 67.3 Å². The lowest BCUT2D eigenvalue weighted by Crippen LogP contribution is -2.30. The van der Waals surface area contributed by atoms with Gasteiger partial charge >= 0.3 is 0 Å². The van der Waals surface area contributed by atoms with Gasteiger partial charge in [-0.3, -0.25) is 0 Å². The predicted molar refractivity (Wildman–Crippen MR) is 119 cm³/mol. The van der Waals surface area contributed by atoms with E-state index in [4.69, 9.17) is 16.3 Å². The number of ether oxygens (including phenoxy) is 1. The largest absolute Gasteiger partial charge is 0.490 e. The molecular weight excluding hydrogens is 464 g/mol. The van der Waals surface area contributed by atoms with Crippen LogP contribution < -0.4 is 9.46 Å². The van der Waals surface area contributed by atoms with Crippen LogP contribution in [0, 0.1) is 17.6 Å². The Morgan fingerprint density at radius 1 is 1.19 bits per heavy atom. The molecule has 1 aromatic heterocycles.